The molecule has 10 aromatic rings. The minimum absolute atomic E-state index is 0.147. The van der Waals surface area contributed by atoms with Gasteiger partial charge < -0.3 is 8.83 Å². The lowest BCUT2D eigenvalue weighted by molar-refractivity contribution is 0.669. The summed E-state index contributed by atoms with van der Waals surface area (Å²) >= 11 is 0. The molecule has 0 N–H and O–H groups in total. The van der Waals surface area contributed by atoms with Gasteiger partial charge in [0.2, 0.25) is 0 Å². The van der Waals surface area contributed by atoms with E-state index in [0.29, 0.717) is 22.3 Å². The molecule has 0 saturated heterocycles. The molecule has 7 aromatic carbocycles. The van der Waals surface area contributed by atoms with Gasteiger partial charge in [-0.2, -0.15) is 0 Å². The Morgan fingerprint density at radius 2 is 1.04 bits per heavy atom. The van der Waals surface area contributed by atoms with E-state index in [2.05, 4.69) is 0 Å². The van der Waals surface area contributed by atoms with E-state index < -0.39 is 77.6 Å². The van der Waals surface area contributed by atoms with Crippen LogP contribution in [0, 0.1) is 0 Å². The van der Waals surface area contributed by atoms with Crippen molar-refractivity contribution < 1.29 is 23.9 Å². The maximum Gasteiger partial charge on any atom is 0.167 e. The number of para-hydroxylation sites is 2. The summed E-state index contributed by atoms with van der Waals surface area (Å²) in [6.45, 7) is 0. The van der Waals surface area contributed by atoms with E-state index in [4.69, 9.17) is 34.8 Å². The first-order valence-electron chi connectivity index (χ1n) is 21.2. The standard InChI is InChI=1S/C45H27N3O2/c1-3-11-28(12-4-1)30-15-9-16-32(25-30)43-46-44(48-45(47-43)36-19-10-18-35-34-17-7-8-20-39(34)50-42(35)36)33-22-24-41-38(27-33)37-26-31(21-23-40(37)49-41)29-13-5-2-6-14-29/h1-27H/i2D,5D,6D,13D,14D,21D,22D,23D,24D,26D,27D. The second-order valence-electron chi connectivity index (χ2n) is 11.5. The van der Waals surface area contributed by atoms with Gasteiger partial charge in [0.1, 0.15) is 22.3 Å². The average Bonchev–Trinajstić information content (AvgIpc) is 3.88. The quantitative estimate of drug-likeness (QED) is 0.185. The van der Waals surface area contributed by atoms with Gasteiger partial charge in [0.05, 0.1) is 20.6 Å². The van der Waals surface area contributed by atoms with Crippen molar-refractivity contribution >= 4 is 43.9 Å². The Morgan fingerprint density at radius 3 is 1.88 bits per heavy atom. The average molecular weight is 653 g/mol. The third-order valence-electron chi connectivity index (χ3n) is 8.49. The van der Waals surface area contributed by atoms with E-state index in [1.165, 1.54) is 0 Å². The Kier molecular flexibility index (Phi) is 4.38. The molecule has 0 aliphatic carbocycles. The molecule has 0 saturated carbocycles. The van der Waals surface area contributed by atoms with Gasteiger partial charge in [-0.1, -0.05) is 115 Å². The number of nitrogens with zero attached hydrogens (tertiary/aromatic N) is 3. The predicted molar refractivity (Wildman–Crippen MR) is 202 cm³/mol. The van der Waals surface area contributed by atoms with Crippen molar-refractivity contribution in [3.8, 4) is 56.4 Å². The van der Waals surface area contributed by atoms with E-state index in [1.807, 2.05) is 91.0 Å². The number of benzene rings is 7. The largest absolute Gasteiger partial charge is 0.456 e. The highest BCUT2D eigenvalue weighted by atomic mass is 16.3. The van der Waals surface area contributed by atoms with Crippen LogP contribution < -0.4 is 0 Å². The highest BCUT2D eigenvalue weighted by Gasteiger charge is 2.19. The Morgan fingerprint density at radius 1 is 0.400 bits per heavy atom. The molecule has 234 valence electrons. The molecule has 50 heavy (non-hydrogen) atoms. The molecule has 0 spiro atoms. The van der Waals surface area contributed by atoms with Crippen molar-refractivity contribution in [3.05, 3.63) is 164 Å². The van der Waals surface area contributed by atoms with Crippen LogP contribution in [0.5, 0.6) is 0 Å². The first-order valence-corrected chi connectivity index (χ1v) is 15.7. The minimum Gasteiger partial charge on any atom is -0.456 e. The number of rotatable bonds is 5. The highest BCUT2D eigenvalue weighted by Crippen LogP contribution is 2.38. The van der Waals surface area contributed by atoms with E-state index in [9.17, 15) is 4.11 Å². The smallest absolute Gasteiger partial charge is 0.167 e. The molecule has 0 fully saturated rings. The molecular formula is C45H27N3O2. The zero-order chi connectivity index (χ0) is 42.6. The lowest BCUT2D eigenvalue weighted by Gasteiger charge is -2.10. The fraction of sp³-hybridized carbons (Fsp3) is 0. The maximum atomic E-state index is 9.66. The Labute approximate surface area is 302 Å². The van der Waals surface area contributed by atoms with Gasteiger partial charge in [-0.25, -0.2) is 15.0 Å². The molecule has 5 heteroatoms. The summed E-state index contributed by atoms with van der Waals surface area (Å²) in [5.41, 5.74) is 2.26. The minimum atomic E-state index is -0.691. The fourth-order valence-corrected chi connectivity index (χ4v) is 6.14. The van der Waals surface area contributed by atoms with Gasteiger partial charge in [0, 0.05) is 32.7 Å². The fourth-order valence-electron chi connectivity index (χ4n) is 6.14. The zero-order valence-electron chi connectivity index (χ0n) is 36.9. The summed E-state index contributed by atoms with van der Waals surface area (Å²) in [5.74, 6) is 0.179. The predicted octanol–water partition coefficient (Wildman–Crippen LogP) is 12.0. The Balaban J connectivity index is 1.28. The van der Waals surface area contributed by atoms with Crippen molar-refractivity contribution in [2.45, 2.75) is 0 Å². The molecule has 0 unspecified atom stereocenters. The monoisotopic (exact) mass is 652 g/mol. The van der Waals surface area contributed by atoms with Crippen LogP contribution in [0.4, 0.5) is 0 Å². The van der Waals surface area contributed by atoms with Crippen LogP contribution in [0.25, 0.3) is 100 Å². The van der Waals surface area contributed by atoms with Crippen LogP contribution >= 0.6 is 0 Å². The second kappa shape index (κ2) is 11.4. The lowest BCUT2D eigenvalue weighted by atomic mass is 10.0. The van der Waals surface area contributed by atoms with Crippen molar-refractivity contribution in [1.29, 1.82) is 0 Å². The van der Waals surface area contributed by atoms with Gasteiger partial charge in [-0.15, -0.1) is 0 Å². The number of fused-ring (bicyclic) bond motifs is 6. The Bertz CT molecular complexity index is 3490. The van der Waals surface area contributed by atoms with Gasteiger partial charge in [-0.05, 0) is 70.7 Å². The summed E-state index contributed by atoms with van der Waals surface area (Å²) in [7, 11) is 0. The van der Waals surface area contributed by atoms with Gasteiger partial charge in [0.15, 0.2) is 17.5 Å². The summed E-state index contributed by atoms with van der Waals surface area (Å²) in [6.07, 6.45) is 0. The van der Waals surface area contributed by atoms with Gasteiger partial charge >= 0.3 is 0 Å². The zero-order valence-corrected chi connectivity index (χ0v) is 25.9. The number of furan rings is 2. The van der Waals surface area contributed by atoms with E-state index in [1.54, 1.807) is 6.07 Å². The molecule has 10 rings (SSSR count). The van der Waals surface area contributed by atoms with Gasteiger partial charge in [0.25, 0.3) is 0 Å². The SMILES string of the molecule is [2H]c1c([2H])c([2H])c(-c2c([2H])c([2H])c3oc4c([2H])c([2H])c(-c5nc(-c6cccc(-c7ccccc7)c6)nc(-c6cccc7c6oc6ccccc67)n5)c([2H])c4c3c2[2H])c([2H])c1[2H]. The first-order chi connectivity index (χ1) is 29.3. The molecule has 0 amide bonds. The van der Waals surface area contributed by atoms with Crippen molar-refractivity contribution in [3.63, 3.8) is 0 Å². The third-order valence-corrected chi connectivity index (χ3v) is 8.49. The molecule has 0 radical (unpaired) electrons. The molecule has 3 heterocycles. The molecule has 3 aromatic heterocycles. The van der Waals surface area contributed by atoms with Crippen LogP contribution in [0.3, 0.4) is 0 Å². The normalized spacial score (nSPS) is 14.7. The van der Waals surface area contributed by atoms with E-state index >= 15 is 0 Å². The summed E-state index contributed by atoms with van der Waals surface area (Å²) in [6, 6.07) is 23.7. The van der Waals surface area contributed by atoms with Crippen LogP contribution in [-0.4, -0.2) is 15.0 Å². The maximum absolute atomic E-state index is 9.66. The van der Waals surface area contributed by atoms with Crippen LogP contribution in [0.2, 0.25) is 0 Å². The Hall–Kier alpha value is -6.85. The van der Waals surface area contributed by atoms with Crippen molar-refractivity contribution in [2.24, 2.45) is 0 Å². The number of aromatic nitrogens is 3. The van der Waals surface area contributed by atoms with E-state index in [-0.39, 0.29) is 45.0 Å². The lowest BCUT2D eigenvalue weighted by Crippen LogP contribution is -2.00. The topological polar surface area (TPSA) is 65.0 Å². The summed E-state index contributed by atoms with van der Waals surface area (Å²) < 4.78 is 109. The van der Waals surface area contributed by atoms with Crippen LogP contribution in [0.1, 0.15) is 15.1 Å². The molecule has 0 bridgehead atoms. The summed E-state index contributed by atoms with van der Waals surface area (Å²) in [5, 5.41) is 1.30. The highest BCUT2D eigenvalue weighted by molar-refractivity contribution is 6.09. The molecule has 0 aliphatic rings. The molecule has 0 atom stereocenters. The molecule has 0 aliphatic heterocycles. The van der Waals surface area contributed by atoms with Crippen molar-refractivity contribution in [1.82, 2.24) is 15.0 Å². The first kappa shape index (κ1) is 19.2. The number of hydrogen-bond donors (Lipinski definition) is 0. The molecule has 5 nitrogen and oxygen atoms in total. The van der Waals surface area contributed by atoms with Gasteiger partial charge in [-0.3, -0.25) is 0 Å². The second-order valence-corrected chi connectivity index (χ2v) is 11.5. The number of hydrogen-bond acceptors (Lipinski definition) is 5. The third kappa shape index (κ3) is 4.75. The van der Waals surface area contributed by atoms with E-state index in [0.717, 1.165) is 21.9 Å². The molecular weight excluding hydrogens is 615 g/mol. The van der Waals surface area contributed by atoms with Crippen LogP contribution in [0.15, 0.2) is 172 Å². The van der Waals surface area contributed by atoms with Crippen LogP contribution in [-0.2, 0) is 0 Å². The van der Waals surface area contributed by atoms with Crippen molar-refractivity contribution in [2.75, 3.05) is 0 Å². The summed E-state index contributed by atoms with van der Waals surface area (Å²) in [4.78, 5) is 14.6.